The van der Waals surface area contributed by atoms with Crippen LogP contribution in [0.25, 0.3) is 10.8 Å². The maximum absolute atomic E-state index is 4.49. The molecule has 1 aromatic heterocycles. The van der Waals surface area contributed by atoms with Gasteiger partial charge in [-0.1, -0.05) is 49.4 Å². The second-order valence-corrected chi connectivity index (χ2v) is 5.09. The molecule has 0 amide bonds. The second-order valence-electron chi connectivity index (χ2n) is 5.09. The molecule has 0 radical (unpaired) electrons. The SMILES string of the molecule is CCCNC(c1cnccn1)c1cccc2ccccc12. The van der Waals surface area contributed by atoms with Crippen molar-refractivity contribution in [2.75, 3.05) is 6.54 Å². The molecule has 0 saturated heterocycles. The number of hydrogen-bond acceptors (Lipinski definition) is 3. The summed E-state index contributed by atoms with van der Waals surface area (Å²) in [4.78, 5) is 8.71. The first-order valence-electron chi connectivity index (χ1n) is 7.37. The molecule has 1 atom stereocenters. The molecule has 3 heteroatoms. The Morgan fingerprint density at radius 1 is 1.05 bits per heavy atom. The molecule has 3 nitrogen and oxygen atoms in total. The van der Waals surface area contributed by atoms with Gasteiger partial charge in [0.05, 0.1) is 17.9 Å². The second kappa shape index (κ2) is 6.46. The third-order valence-corrected chi connectivity index (χ3v) is 3.61. The Kier molecular flexibility index (Phi) is 4.22. The number of hydrogen-bond donors (Lipinski definition) is 1. The van der Waals surface area contributed by atoms with Crippen LogP contribution in [0.3, 0.4) is 0 Å². The number of aromatic nitrogens is 2. The van der Waals surface area contributed by atoms with E-state index in [-0.39, 0.29) is 6.04 Å². The fourth-order valence-electron chi connectivity index (χ4n) is 2.62. The lowest BCUT2D eigenvalue weighted by Crippen LogP contribution is -2.24. The first-order valence-corrected chi connectivity index (χ1v) is 7.37. The molecule has 0 aliphatic heterocycles. The summed E-state index contributed by atoms with van der Waals surface area (Å²) in [6, 6.07) is 15.0. The summed E-state index contributed by atoms with van der Waals surface area (Å²) in [6.45, 7) is 3.12. The van der Waals surface area contributed by atoms with Gasteiger partial charge in [-0.15, -0.1) is 0 Å². The van der Waals surface area contributed by atoms with Crippen molar-refractivity contribution < 1.29 is 0 Å². The van der Waals surface area contributed by atoms with Crippen molar-refractivity contribution >= 4 is 10.8 Å². The number of nitrogens with one attached hydrogen (secondary N) is 1. The van der Waals surface area contributed by atoms with E-state index in [1.807, 2.05) is 6.20 Å². The normalized spacial score (nSPS) is 12.4. The van der Waals surface area contributed by atoms with Crippen LogP contribution in [0.15, 0.2) is 61.1 Å². The quantitative estimate of drug-likeness (QED) is 0.772. The maximum Gasteiger partial charge on any atom is 0.0801 e. The Bertz CT molecular complexity index is 704. The summed E-state index contributed by atoms with van der Waals surface area (Å²) < 4.78 is 0. The zero-order chi connectivity index (χ0) is 14.5. The molecule has 0 saturated carbocycles. The number of benzene rings is 2. The van der Waals surface area contributed by atoms with E-state index in [9.17, 15) is 0 Å². The van der Waals surface area contributed by atoms with Crippen LogP contribution >= 0.6 is 0 Å². The van der Waals surface area contributed by atoms with Crippen molar-refractivity contribution in [2.24, 2.45) is 0 Å². The predicted molar refractivity (Wildman–Crippen MR) is 86.1 cm³/mol. The van der Waals surface area contributed by atoms with E-state index in [1.165, 1.54) is 16.3 Å². The van der Waals surface area contributed by atoms with Crippen LogP contribution in [-0.2, 0) is 0 Å². The lowest BCUT2D eigenvalue weighted by atomic mass is 9.97. The van der Waals surface area contributed by atoms with Crippen LogP contribution < -0.4 is 5.32 Å². The van der Waals surface area contributed by atoms with Crippen molar-refractivity contribution in [2.45, 2.75) is 19.4 Å². The molecular weight excluding hydrogens is 258 g/mol. The largest absolute Gasteiger partial charge is 0.305 e. The van der Waals surface area contributed by atoms with Crippen LogP contribution in [0.5, 0.6) is 0 Å². The topological polar surface area (TPSA) is 37.8 Å². The zero-order valence-corrected chi connectivity index (χ0v) is 12.2. The first-order chi connectivity index (χ1) is 10.4. The smallest absolute Gasteiger partial charge is 0.0801 e. The van der Waals surface area contributed by atoms with E-state index in [0.29, 0.717) is 0 Å². The van der Waals surface area contributed by atoms with E-state index in [4.69, 9.17) is 0 Å². The van der Waals surface area contributed by atoms with Crippen molar-refractivity contribution in [3.63, 3.8) is 0 Å². The third kappa shape index (κ3) is 2.93. The summed E-state index contributed by atoms with van der Waals surface area (Å²) in [5.74, 6) is 0. The van der Waals surface area contributed by atoms with Gasteiger partial charge in [0.25, 0.3) is 0 Å². The highest BCUT2D eigenvalue weighted by molar-refractivity contribution is 5.86. The van der Waals surface area contributed by atoms with E-state index in [2.05, 4.69) is 64.7 Å². The Balaban J connectivity index is 2.10. The van der Waals surface area contributed by atoms with Gasteiger partial charge in [-0.05, 0) is 29.3 Å². The van der Waals surface area contributed by atoms with Gasteiger partial charge in [0.15, 0.2) is 0 Å². The first kappa shape index (κ1) is 13.7. The minimum absolute atomic E-state index is 0.0738. The van der Waals surface area contributed by atoms with Crippen LogP contribution in [0.1, 0.15) is 30.6 Å². The number of nitrogens with zero attached hydrogens (tertiary/aromatic N) is 2. The molecule has 0 aliphatic rings. The van der Waals surface area contributed by atoms with Gasteiger partial charge in [-0.3, -0.25) is 9.97 Å². The van der Waals surface area contributed by atoms with Crippen molar-refractivity contribution in [1.82, 2.24) is 15.3 Å². The molecule has 106 valence electrons. The van der Waals surface area contributed by atoms with E-state index in [1.54, 1.807) is 12.4 Å². The molecule has 3 rings (SSSR count). The molecule has 1 unspecified atom stereocenters. The Morgan fingerprint density at radius 2 is 1.90 bits per heavy atom. The van der Waals surface area contributed by atoms with Crippen LogP contribution in [0, 0.1) is 0 Å². The molecule has 1 heterocycles. The minimum atomic E-state index is 0.0738. The average Bonchev–Trinajstić information content (AvgIpc) is 2.56. The molecule has 0 spiro atoms. The Hall–Kier alpha value is -2.26. The zero-order valence-electron chi connectivity index (χ0n) is 12.2. The number of fused-ring (bicyclic) bond motifs is 1. The predicted octanol–water partition coefficient (Wildman–Crippen LogP) is 3.72. The van der Waals surface area contributed by atoms with Crippen LogP contribution in [0.4, 0.5) is 0 Å². The lowest BCUT2D eigenvalue weighted by molar-refractivity contribution is 0.587. The van der Waals surface area contributed by atoms with Crippen molar-refractivity contribution in [3.05, 3.63) is 72.3 Å². The average molecular weight is 277 g/mol. The van der Waals surface area contributed by atoms with Gasteiger partial charge in [-0.25, -0.2) is 0 Å². The van der Waals surface area contributed by atoms with Gasteiger partial charge in [0.1, 0.15) is 0 Å². The van der Waals surface area contributed by atoms with E-state index >= 15 is 0 Å². The van der Waals surface area contributed by atoms with E-state index < -0.39 is 0 Å². The highest BCUT2D eigenvalue weighted by atomic mass is 14.9. The van der Waals surface area contributed by atoms with Gasteiger partial charge < -0.3 is 5.32 Å². The molecule has 0 aliphatic carbocycles. The van der Waals surface area contributed by atoms with E-state index in [0.717, 1.165) is 18.7 Å². The fraction of sp³-hybridized carbons (Fsp3) is 0.222. The third-order valence-electron chi connectivity index (χ3n) is 3.61. The fourth-order valence-corrected chi connectivity index (χ4v) is 2.62. The highest BCUT2D eigenvalue weighted by Crippen LogP contribution is 2.27. The monoisotopic (exact) mass is 277 g/mol. The van der Waals surface area contributed by atoms with Gasteiger partial charge in [0.2, 0.25) is 0 Å². The van der Waals surface area contributed by atoms with Crippen molar-refractivity contribution in [1.29, 1.82) is 0 Å². The molecule has 2 aromatic carbocycles. The Morgan fingerprint density at radius 3 is 2.71 bits per heavy atom. The standard InChI is InChI=1S/C18H19N3/c1-2-10-21-18(17-13-19-11-12-20-17)16-9-5-7-14-6-3-4-8-15(14)16/h3-9,11-13,18,21H,2,10H2,1H3. The molecule has 0 bridgehead atoms. The minimum Gasteiger partial charge on any atom is -0.305 e. The lowest BCUT2D eigenvalue weighted by Gasteiger charge is -2.20. The molecule has 21 heavy (non-hydrogen) atoms. The van der Waals surface area contributed by atoms with Crippen LogP contribution in [0.2, 0.25) is 0 Å². The molecular formula is C18H19N3. The van der Waals surface area contributed by atoms with Crippen LogP contribution in [-0.4, -0.2) is 16.5 Å². The van der Waals surface area contributed by atoms with Crippen molar-refractivity contribution in [3.8, 4) is 0 Å². The summed E-state index contributed by atoms with van der Waals surface area (Å²) in [5, 5.41) is 6.11. The molecule has 1 N–H and O–H groups in total. The molecule has 3 aromatic rings. The summed E-state index contributed by atoms with van der Waals surface area (Å²) in [7, 11) is 0. The Labute approximate surface area is 125 Å². The van der Waals surface area contributed by atoms with Gasteiger partial charge in [0, 0.05) is 12.4 Å². The highest BCUT2D eigenvalue weighted by Gasteiger charge is 2.17. The molecule has 0 fully saturated rings. The summed E-state index contributed by atoms with van der Waals surface area (Å²) in [6.07, 6.45) is 6.39. The number of rotatable bonds is 5. The summed E-state index contributed by atoms with van der Waals surface area (Å²) >= 11 is 0. The summed E-state index contributed by atoms with van der Waals surface area (Å²) in [5.41, 5.74) is 2.21. The van der Waals surface area contributed by atoms with Gasteiger partial charge in [-0.2, -0.15) is 0 Å². The van der Waals surface area contributed by atoms with Gasteiger partial charge >= 0.3 is 0 Å². The maximum atomic E-state index is 4.49.